The maximum Gasteiger partial charge on any atom is 0.346 e. The van der Waals surface area contributed by atoms with E-state index in [9.17, 15) is 19.1 Å². The van der Waals surface area contributed by atoms with Crippen LogP contribution < -0.4 is 15.9 Å². The van der Waals surface area contributed by atoms with Crippen LogP contribution in [0.1, 0.15) is 16.1 Å². The third-order valence-electron chi connectivity index (χ3n) is 3.71. The molecule has 2 aromatic carbocycles. The zero-order valence-electron chi connectivity index (χ0n) is 14.6. The van der Waals surface area contributed by atoms with Crippen molar-refractivity contribution < 1.29 is 19.0 Å². The van der Waals surface area contributed by atoms with Crippen LogP contribution in [-0.2, 0) is 0 Å². The van der Waals surface area contributed by atoms with E-state index in [1.165, 1.54) is 49.7 Å². The van der Waals surface area contributed by atoms with Crippen LogP contribution >= 0.6 is 0 Å². The molecule has 3 N–H and O–H groups in total. The number of rotatable bonds is 5. The standard InChI is InChI=1S/C19H15FN4O4/c1-28-17-7-2-11(8-16(17)25)10-21-24-18(26)15-9-14(22-19(27)23-15)12-3-5-13(20)6-4-12/h2-10,25H,1H3,(H,24,26)(H,22,23,27)/b21-10+. The van der Waals surface area contributed by atoms with E-state index in [0.717, 1.165) is 0 Å². The molecule has 3 aromatic rings. The lowest BCUT2D eigenvalue weighted by atomic mass is 10.1. The summed E-state index contributed by atoms with van der Waals surface area (Å²) in [6.07, 6.45) is 1.32. The number of nitrogens with one attached hydrogen (secondary N) is 2. The van der Waals surface area contributed by atoms with Crippen molar-refractivity contribution in [3.63, 3.8) is 0 Å². The fourth-order valence-electron chi connectivity index (χ4n) is 2.36. The Morgan fingerprint density at radius 3 is 2.68 bits per heavy atom. The SMILES string of the molecule is COc1ccc(/C=N/NC(=O)c2cc(-c3ccc(F)cc3)nc(=O)[nH]2)cc1O. The Bertz CT molecular complexity index is 1090. The lowest BCUT2D eigenvalue weighted by molar-refractivity contribution is 0.0949. The second-order valence-corrected chi connectivity index (χ2v) is 5.62. The van der Waals surface area contributed by atoms with Crippen molar-refractivity contribution >= 4 is 12.1 Å². The van der Waals surface area contributed by atoms with Gasteiger partial charge in [-0.15, -0.1) is 0 Å². The second-order valence-electron chi connectivity index (χ2n) is 5.62. The van der Waals surface area contributed by atoms with Crippen molar-refractivity contribution in [1.82, 2.24) is 15.4 Å². The number of aromatic hydroxyl groups is 1. The Hall–Kier alpha value is -4.01. The number of hydrogen-bond acceptors (Lipinski definition) is 6. The summed E-state index contributed by atoms with van der Waals surface area (Å²) < 4.78 is 18.0. The quantitative estimate of drug-likeness (QED) is 0.461. The van der Waals surface area contributed by atoms with Crippen molar-refractivity contribution in [2.24, 2.45) is 5.10 Å². The third-order valence-corrected chi connectivity index (χ3v) is 3.71. The second kappa shape index (κ2) is 8.12. The number of aromatic amines is 1. The summed E-state index contributed by atoms with van der Waals surface area (Å²) in [6.45, 7) is 0. The molecule has 0 bridgehead atoms. The molecule has 0 saturated heterocycles. The smallest absolute Gasteiger partial charge is 0.346 e. The average Bonchev–Trinajstić information content (AvgIpc) is 2.68. The number of halogens is 1. The molecule has 0 radical (unpaired) electrons. The Balaban J connectivity index is 1.76. The van der Waals surface area contributed by atoms with E-state index in [1.807, 2.05) is 0 Å². The van der Waals surface area contributed by atoms with Crippen molar-refractivity contribution in [2.75, 3.05) is 7.11 Å². The number of methoxy groups -OCH3 is 1. The molecule has 0 aliphatic carbocycles. The summed E-state index contributed by atoms with van der Waals surface area (Å²) in [6, 6.07) is 11.3. The van der Waals surface area contributed by atoms with Crippen molar-refractivity contribution in [3.8, 4) is 22.8 Å². The molecule has 1 aromatic heterocycles. The molecular formula is C19H15FN4O4. The minimum atomic E-state index is -0.726. The summed E-state index contributed by atoms with van der Waals surface area (Å²) in [5, 5.41) is 13.5. The number of carbonyl (C=O) groups is 1. The Morgan fingerprint density at radius 2 is 2.00 bits per heavy atom. The number of phenols is 1. The molecule has 0 aliphatic heterocycles. The number of carbonyl (C=O) groups excluding carboxylic acids is 1. The molecule has 0 unspecified atom stereocenters. The first kappa shape index (κ1) is 18.8. The topological polar surface area (TPSA) is 117 Å². The van der Waals surface area contributed by atoms with Gasteiger partial charge in [0.05, 0.1) is 19.0 Å². The summed E-state index contributed by atoms with van der Waals surface area (Å²) in [5.74, 6) is -0.855. The van der Waals surface area contributed by atoms with Gasteiger partial charge < -0.3 is 14.8 Å². The summed E-state index contributed by atoms with van der Waals surface area (Å²) in [5.41, 5.74) is 2.71. The van der Waals surface area contributed by atoms with Crippen molar-refractivity contribution in [1.29, 1.82) is 0 Å². The normalized spacial score (nSPS) is 10.8. The van der Waals surface area contributed by atoms with E-state index >= 15 is 0 Å². The molecule has 0 atom stereocenters. The van der Waals surface area contributed by atoms with E-state index < -0.39 is 17.4 Å². The van der Waals surface area contributed by atoms with Crippen LogP contribution in [-0.4, -0.2) is 34.3 Å². The van der Waals surface area contributed by atoms with Crippen LogP contribution in [0.15, 0.2) is 58.4 Å². The zero-order chi connectivity index (χ0) is 20.1. The van der Waals surface area contributed by atoms with Gasteiger partial charge in [-0.05, 0) is 54.1 Å². The number of hydrazone groups is 1. The van der Waals surface area contributed by atoms with Gasteiger partial charge in [0, 0.05) is 5.56 Å². The largest absolute Gasteiger partial charge is 0.504 e. The Labute approximate surface area is 158 Å². The van der Waals surface area contributed by atoms with Crippen LogP contribution in [0.3, 0.4) is 0 Å². The maximum absolute atomic E-state index is 13.0. The molecule has 3 rings (SSSR count). The molecular weight excluding hydrogens is 367 g/mol. The number of nitrogens with zero attached hydrogens (tertiary/aromatic N) is 2. The first-order valence-corrected chi connectivity index (χ1v) is 8.04. The molecule has 0 saturated carbocycles. The number of hydrogen-bond donors (Lipinski definition) is 3. The van der Waals surface area contributed by atoms with Gasteiger partial charge in [0.2, 0.25) is 0 Å². The van der Waals surface area contributed by atoms with Gasteiger partial charge in [0.15, 0.2) is 11.5 Å². The van der Waals surface area contributed by atoms with E-state index in [2.05, 4.69) is 20.5 Å². The number of aromatic nitrogens is 2. The van der Waals surface area contributed by atoms with Crippen LogP contribution in [0.25, 0.3) is 11.3 Å². The fourth-order valence-corrected chi connectivity index (χ4v) is 2.36. The highest BCUT2D eigenvalue weighted by Gasteiger charge is 2.10. The Morgan fingerprint density at radius 1 is 1.25 bits per heavy atom. The van der Waals surface area contributed by atoms with E-state index in [0.29, 0.717) is 16.9 Å². The minimum absolute atomic E-state index is 0.0611. The fraction of sp³-hybridized carbons (Fsp3) is 0.0526. The number of ether oxygens (including phenoxy) is 1. The van der Waals surface area contributed by atoms with E-state index in [1.54, 1.807) is 12.1 Å². The molecule has 28 heavy (non-hydrogen) atoms. The number of amides is 1. The third kappa shape index (κ3) is 4.39. The van der Waals surface area contributed by atoms with Crippen LogP contribution in [0.5, 0.6) is 11.5 Å². The summed E-state index contributed by atoms with van der Waals surface area (Å²) >= 11 is 0. The maximum atomic E-state index is 13.0. The van der Waals surface area contributed by atoms with Crippen LogP contribution in [0.2, 0.25) is 0 Å². The van der Waals surface area contributed by atoms with Crippen LogP contribution in [0, 0.1) is 5.82 Å². The zero-order valence-corrected chi connectivity index (χ0v) is 14.6. The molecule has 0 fully saturated rings. The average molecular weight is 382 g/mol. The van der Waals surface area contributed by atoms with Crippen molar-refractivity contribution in [2.45, 2.75) is 0 Å². The highest BCUT2D eigenvalue weighted by Crippen LogP contribution is 2.25. The van der Waals surface area contributed by atoms with Gasteiger partial charge in [0.25, 0.3) is 5.91 Å². The lowest BCUT2D eigenvalue weighted by Crippen LogP contribution is -2.24. The molecule has 0 aliphatic rings. The molecule has 0 spiro atoms. The first-order chi connectivity index (χ1) is 13.5. The summed E-state index contributed by atoms with van der Waals surface area (Å²) in [7, 11) is 1.43. The lowest BCUT2D eigenvalue weighted by Gasteiger charge is -2.04. The number of H-pyrrole nitrogens is 1. The van der Waals surface area contributed by atoms with Gasteiger partial charge in [0.1, 0.15) is 11.5 Å². The first-order valence-electron chi connectivity index (χ1n) is 8.04. The van der Waals surface area contributed by atoms with Crippen molar-refractivity contribution in [3.05, 3.63) is 76.1 Å². The van der Waals surface area contributed by atoms with Gasteiger partial charge in [-0.25, -0.2) is 14.6 Å². The summed E-state index contributed by atoms with van der Waals surface area (Å²) in [4.78, 5) is 30.1. The van der Waals surface area contributed by atoms with Gasteiger partial charge in [-0.1, -0.05) is 0 Å². The molecule has 142 valence electrons. The molecule has 9 heteroatoms. The molecule has 1 amide bonds. The van der Waals surface area contributed by atoms with Gasteiger partial charge >= 0.3 is 5.69 Å². The Kier molecular flexibility index (Phi) is 5.45. The van der Waals surface area contributed by atoms with Crippen LogP contribution in [0.4, 0.5) is 4.39 Å². The van der Waals surface area contributed by atoms with Gasteiger partial charge in [-0.2, -0.15) is 10.1 Å². The highest BCUT2D eigenvalue weighted by atomic mass is 19.1. The molecule has 1 heterocycles. The predicted molar refractivity (Wildman–Crippen MR) is 100.0 cm³/mol. The van der Waals surface area contributed by atoms with E-state index in [-0.39, 0.29) is 17.1 Å². The number of benzene rings is 2. The molecule has 8 nitrogen and oxygen atoms in total. The minimum Gasteiger partial charge on any atom is -0.504 e. The van der Waals surface area contributed by atoms with E-state index in [4.69, 9.17) is 4.74 Å². The van der Waals surface area contributed by atoms with Gasteiger partial charge in [-0.3, -0.25) is 4.79 Å². The highest BCUT2D eigenvalue weighted by molar-refractivity contribution is 5.94. The number of phenolic OH excluding ortho intramolecular Hbond substituents is 1. The monoisotopic (exact) mass is 382 g/mol. The predicted octanol–water partition coefficient (Wildman–Crippen LogP) is 2.05.